The molecule has 3 rings (SSSR count). The van der Waals surface area contributed by atoms with Gasteiger partial charge in [0.1, 0.15) is 11.9 Å². The lowest BCUT2D eigenvalue weighted by atomic mass is 9.99. The third-order valence-corrected chi connectivity index (χ3v) is 4.05. The summed E-state index contributed by atoms with van der Waals surface area (Å²) < 4.78 is 14.5. The average Bonchev–Trinajstić information content (AvgIpc) is 3.25. The molecule has 1 unspecified atom stereocenters. The van der Waals surface area contributed by atoms with Gasteiger partial charge in [-0.3, -0.25) is 0 Å². The van der Waals surface area contributed by atoms with E-state index in [4.69, 9.17) is 0 Å². The molecule has 0 spiro atoms. The van der Waals surface area contributed by atoms with Crippen LogP contribution in [0.4, 0.5) is 4.39 Å². The Bertz CT molecular complexity index is 590. The van der Waals surface area contributed by atoms with Crippen LogP contribution in [0, 0.1) is 5.82 Å². The van der Waals surface area contributed by atoms with E-state index in [0.29, 0.717) is 11.5 Å². The van der Waals surface area contributed by atoms with Crippen LogP contribution in [0.3, 0.4) is 0 Å². The molecule has 0 aromatic heterocycles. The molecule has 1 aliphatic rings. The van der Waals surface area contributed by atoms with Crippen LogP contribution in [0.15, 0.2) is 46.9 Å². The second-order valence-electron chi connectivity index (χ2n) is 5.01. The predicted molar refractivity (Wildman–Crippen MR) is 76.6 cm³/mol. The van der Waals surface area contributed by atoms with Gasteiger partial charge in [0.15, 0.2) is 0 Å². The summed E-state index contributed by atoms with van der Waals surface area (Å²) in [7, 11) is 0. The van der Waals surface area contributed by atoms with E-state index >= 15 is 0 Å². The summed E-state index contributed by atoms with van der Waals surface area (Å²) in [6, 6.07) is 12.5. The summed E-state index contributed by atoms with van der Waals surface area (Å²) in [5, 5.41) is 10.3. The van der Waals surface area contributed by atoms with E-state index in [9.17, 15) is 9.50 Å². The summed E-state index contributed by atoms with van der Waals surface area (Å²) in [4.78, 5) is 0. The Labute approximate surface area is 120 Å². The van der Waals surface area contributed by atoms with Crippen LogP contribution in [-0.4, -0.2) is 5.11 Å². The summed E-state index contributed by atoms with van der Waals surface area (Å²) >= 11 is 3.30. The van der Waals surface area contributed by atoms with Crippen LogP contribution >= 0.6 is 15.9 Å². The lowest BCUT2D eigenvalue weighted by Crippen LogP contribution is -2.02. The van der Waals surface area contributed by atoms with Crippen LogP contribution in [0.5, 0.6) is 0 Å². The van der Waals surface area contributed by atoms with Crippen molar-refractivity contribution in [2.24, 2.45) is 0 Å². The first-order valence-corrected chi connectivity index (χ1v) is 7.17. The Kier molecular flexibility index (Phi) is 3.42. The van der Waals surface area contributed by atoms with Crippen molar-refractivity contribution in [3.8, 4) is 0 Å². The van der Waals surface area contributed by atoms with E-state index in [0.717, 1.165) is 10.0 Å². The van der Waals surface area contributed by atoms with E-state index < -0.39 is 6.10 Å². The van der Waals surface area contributed by atoms with Crippen molar-refractivity contribution >= 4 is 15.9 Å². The van der Waals surface area contributed by atoms with Crippen LogP contribution in [0.1, 0.15) is 41.6 Å². The average molecular weight is 321 g/mol. The highest BCUT2D eigenvalue weighted by Crippen LogP contribution is 2.40. The van der Waals surface area contributed by atoms with Crippen molar-refractivity contribution in [1.82, 2.24) is 0 Å². The lowest BCUT2D eigenvalue weighted by molar-refractivity contribution is 0.215. The van der Waals surface area contributed by atoms with Gasteiger partial charge >= 0.3 is 0 Å². The lowest BCUT2D eigenvalue weighted by Gasteiger charge is -2.13. The van der Waals surface area contributed by atoms with E-state index in [1.54, 1.807) is 12.1 Å². The number of hydrogen-bond donors (Lipinski definition) is 1. The maximum atomic E-state index is 13.7. The largest absolute Gasteiger partial charge is 0.384 e. The zero-order valence-corrected chi connectivity index (χ0v) is 11.9. The van der Waals surface area contributed by atoms with Gasteiger partial charge in [-0.2, -0.15) is 0 Å². The first-order chi connectivity index (χ1) is 9.15. The maximum absolute atomic E-state index is 13.7. The topological polar surface area (TPSA) is 20.2 Å². The Morgan fingerprint density at radius 3 is 2.42 bits per heavy atom. The highest BCUT2D eigenvalue weighted by Gasteiger charge is 2.23. The molecule has 3 heteroatoms. The molecule has 19 heavy (non-hydrogen) atoms. The minimum absolute atomic E-state index is 0.300. The van der Waals surface area contributed by atoms with Crippen LogP contribution in [0.25, 0.3) is 0 Å². The Morgan fingerprint density at radius 1 is 1.11 bits per heavy atom. The number of hydrogen-bond acceptors (Lipinski definition) is 1. The van der Waals surface area contributed by atoms with Crippen LogP contribution < -0.4 is 0 Å². The van der Waals surface area contributed by atoms with Gasteiger partial charge in [0.2, 0.25) is 0 Å². The number of benzene rings is 2. The molecule has 0 saturated heterocycles. The molecule has 0 heterocycles. The number of halogens is 2. The van der Waals surface area contributed by atoms with Crippen LogP contribution in [-0.2, 0) is 0 Å². The molecule has 2 aromatic carbocycles. The second kappa shape index (κ2) is 5.06. The molecule has 0 aliphatic heterocycles. The second-order valence-corrected chi connectivity index (χ2v) is 5.92. The highest BCUT2D eigenvalue weighted by molar-refractivity contribution is 9.10. The number of aliphatic hydroxyl groups excluding tert-OH is 1. The van der Waals surface area contributed by atoms with Gasteiger partial charge in [-0.05, 0) is 48.1 Å². The molecule has 1 atom stereocenters. The number of rotatable bonds is 3. The molecule has 1 fully saturated rings. The zero-order chi connectivity index (χ0) is 13.4. The van der Waals surface area contributed by atoms with Crippen molar-refractivity contribution < 1.29 is 9.50 Å². The fourth-order valence-electron chi connectivity index (χ4n) is 2.27. The van der Waals surface area contributed by atoms with Gasteiger partial charge in [-0.15, -0.1) is 0 Å². The molecular weight excluding hydrogens is 307 g/mol. The van der Waals surface area contributed by atoms with Crippen molar-refractivity contribution in [3.05, 3.63) is 69.4 Å². The van der Waals surface area contributed by atoms with E-state index in [1.807, 2.05) is 24.3 Å². The third-order valence-electron chi connectivity index (χ3n) is 3.55. The standard InChI is InChI=1S/C16H14BrFO/c17-13-7-8-15(18)14(9-13)16(19)12-5-3-11(4-6-12)10-1-2-10/h3-10,16,19H,1-2H2. The normalized spacial score (nSPS) is 16.4. The van der Waals surface area contributed by atoms with Gasteiger partial charge in [0.05, 0.1) is 0 Å². The smallest absolute Gasteiger partial charge is 0.129 e. The summed E-state index contributed by atoms with van der Waals surface area (Å²) in [5.41, 5.74) is 2.33. The monoisotopic (exact) mass is 320 g/mol. The van der Waals surface area contributed by atoms with E-state index in [-0.39, 0.29) is 5.82 Å². The fraction of sp³-hybridized carbons (Fsp3) is 0.250. The van der Waals surface area contributed by atoms with Crippen molar-refractivity contribution in [2.45, 2.75) is 24.9 Å². The molecule has 2 aromatic rings. The molecule has 1 nitrogen and oxygen atoms in total. The molecule has 1 N–H and O–H groups in total. The van der Waals surface area contributed by atoms with Gasteiger partial charge < -0.3 is 5.11 Å². The molecule has 0 radical (unpaired) electrons. The highest BCUT2D eigenvalue weighted by atomic mass is 79.9. The summed E-state index contributed by atoms with van der Waals surface area (Å²) in [5.74, 6) is 0.302. The first-order valence-electron chi connectivity index (χ1n) is 6.38. The quantitative estimate of drug-likeness (QED) is 0.879. The van der Waals surface area contributed by atoms with Gasteiger partial charge in [0, 0.05) is 10.0 Å². The predicted octanol–water partition coefficient (Wildman–Crippen LogP) is 4.55. The molecule has 0 amide bonds. The molecule has 1 saturated carbocycles. The van der Waals surface area contributed by atoms with Crippen LogP contribution in [0.2, 0.25) is 0 Å². The van der Waals surface area contributed by atoms with E-state index in [1.165, 1.54) is 24.5 Å². The Balaban J connectivity index is 1.89. The Morgan fingerprint density at radius 2 is 1.79 bits per heavy atom. The minimum atomic E-state index is -0.925. The Hall–Kier alpha value is -1.19. The van der Waals surface area contributed by atoms with Gasteiger partial charge in [-0.1, -0.05) is 40.2 Å². The summed E-state index contributed by atoms with van der Waals surface area (Å²) in [6.07, 6.45) is 1.58. The maximum Gasteiger partial charge on any atom is 0.129 e. The molecule has 1 aliphatic carbocycles. The van der Waals surface area contributed by atoms with E-state index in [2.05, 4.69) is 15.9 Å². The molecule has 0 bridgehead atoms. The molecule has 98 valence electrons. The van der Waals surface area contributed by atoms with Gasteiger partial charge in [0.25, 0.3) is 0 Å². The van der Waals surface area contributed by atoms with Gasteiger partial charge in [-0.25, -0.2) is 4.39 Å². The summed E-state index contributed by atoms with van der Waals surface area (Å²) in [6.45, 7) is 0. The minimum Gasteiger partial charge on any atom is -0.384 e. The van der Waals surface area contributed by atoms with Crippen molar-refractivity contribution in [3.63, 3.8) is 0 Å². The fourth-order valence-corrected chi connectivity index (χ4v) is 2.65. The molecular formula is C16H14BrFO. The van der Waals surface area contributed by atoms with Crippen molar-refractivity contribution in [2.75, 3.05) is 0 Å². The SMILES string of the molecule is OC(c1ccc(C2CC2)cc1)c1cc(Br)ccc1F. The zero-order valence-electron chi connectivity index (χ0n) is 10.3. The third kappa shape index (κ3) is 2.72. The number of aliphatic hydroxyl groups is 1. The first kappa shape index (κ1) is 12.8. The van der Waals surface area contributed by atoms with Crippen molar-refractivity contribution in [1.29, 1.82) is 0 Å².